The van der Waals surface area contributed by atoms with Crippen LogP contribution in [0.15, 0.2) is 65.8 Å². The second-order valence-corrected chi connectivity index (χ2v) is 7.93. The van der Waals surface area contributed by atoms with Gasteiger partial charge in [0.15, 0.2) is 0 Å². The minimum atomic E-state index is -3.65. The molecular formula is C19H17N5O3S. The van der Waals surface area contributed by atoms with Crippen molar-refractivity contribution in [2.45, 2.75) is 18.7 Å². The van der Waals surface area contributed by atoms with Gasteiger partial charge in [-0.2, -0.15) is 14.6 Å². The Hall–Kier alpha value is -3.46. The molecule has 0 aliphatic rings. The van der Waals surface area contributed by atoms with E-state index in [-0.39, 0.29) is 4.90 Å². The smallest absolute Gasteiger partial charge is 0.261 e. The summed E-state index contributed by atoms with van der Waals surface area (Å²) in [7, 11) is -3.65. The molecule has 2 aromatic heterocycles. The molecule has 0 atom stereocenters. The molecule has 28 heavy (non-hydrogen) atoms. The maximum Gasteiger partial charge on any atom is 0.261 e. The average molecular weight is 395 g/mol. The zero-order chi connectivity index (χ0) is 19.7. The van der Waals surface area contributed by atoms with Gasteiger partial charge < -0.3 is 4.74 Å². The van der Waals surface area contributed by atoms with Crippen molar-refractivity contribution in [3.63, 3.8) is 0 Å². The molecule has 0 saturated carbocycles. The van der Waals surface area contributed by atoms with E-state index in [1.807, 2.05) is 13.8 Å². The van der Waals surface area contributed by atoms with Gasteiger partial charge in [0, 0.05) is 17.4 Å². The number of fused-ring (bicyclic) bond motifs is 1. The van der Waals surface area contributed by atoms with Crippen molar-refractivity contribution in [1.82, 2.24) is 19.6 Å². The van der Waals surface area contributed by atoms with E-state index >= 15 is 0 Å². The fraction of sp³-hybridized carbons (Fsp3) is 0.105. The van der Waals surface area contributed by atoms with Crippen LogP contribution in [0.1, 0.15) is 11.3 Å². The van der Waals surface area contributed by atoms with Gasteiger partial charge in [0.05, 0.1) is 4.90 Å². The van der Waals surface area contributed by atoms with Gasteiger partial charge in [0.2, 0.25) is 5.88 Å². The van der Waals surface area contributed by atoms with Crippen LogP contribution in [0.2, 0.25) is 0 Å². The largest absolute Gasteiger partial charge is 0.439 e. The van der Waals surface area contributed by atoms with Crippen LogP contribution in [0, 0.1) is 13.8 Å². The predicted molar refractivity (Wildman–Crippen MR) is 104 cm³/mol. The molecule has 0 unspecified atom stereocenters. The predicted octanol–water partition coefficient (Wildman–Crippen LogP) is 3.33. The number of nitrogens with one attached hydrogen (secondary N) is 1. The summed E-state index contributed by atoms with van der Waals surface area (Å²) in [4.78, 5) is 8.52. The molecule has 4 rings (SSSR count). The monoisotopic (exact) mass is 395 g/mol. The third-order valence-corrected chi connectivity index (χ3v) is 5.40. The van der Waals surface area contributed by atoms with E-state index in [1.54, 1.807) is 54.6 Å². The van der Waals surface area contributed by atoms with Crippen molar-refractivity contribution in [2.24, 2.45) is 0 Å². The first-order chi connectivity index (χ1) is 13.4. The molecule has 0 aliphatic heterocycles. The third-order valence-electron chi connectivity index (χ3n) is 4.01. The first kappa shape index (κ1) is 17.9. The highest BCUT2D eigenvalue weighted by atomic mass is 32.2. The van der Waals surface area contributed by atoms with Gasteiger partial charge >= 0.3 is 0 Å². The van der Waals surface area contributed by atoms with E-state index in [2.05, 4.69) is 19.8 Å². The Morgan fingerprint density at radius 3 is 2.43 bits per heavy atom. The van der Waals surface area contributed by atoms with Crippen molar-refractivity contribution in [2.75, 3.05) is 4.72 Å². The van der Waals surface area contributed by atoms with Crippen LogP contribution in [-0.2, 0) is 10.0 Å². The Morgan fingerprint density at radius 1 is 1.00 bits per heavy atom. The summed E-state index contributed by atoms with van der Waals surface area (Å²) < 4.78 is 34.9. The Bertz CT molecular complexity index is 1230. The molecule has 0 spiro atoms. The summed E-state index contributed by atoms with van der Waals surface area (Å²) in [6.45, 7) is 3.74. The molecule has 4 aromatic rings. The van der Waals surface area contributed by atoms with E-state index in [0.717, 1.165) is 11.3 Å². The highest BCUT2D eigenvalue weighted by Crippen LogP contribution is 2.24. The average Bonchev–Trinajstić information content (AvgIpc) is 3.12. The Morgan fingerprint density at radius 2 is 1.71 bits per heavy atom. The lowest BCUT2D eigenvalue weighted by atomic mass is 10.2. The van der Waals surface area contributed by atoms with Crippen molar-refractivity contribution in [1.29, 1.82) is 0 Å². The molecule has 1 N–H and O–H groups in total. The van der Waals surface area contributed by atoms with Crippen LogP contribution in [0.3, 0.4) is 0 Å². The molecule has 0 saturated heterocycles. The molecule has 2 aromatic carbocycles. The summed E-state index contributed by atoms with van der Waals surface area (Å²) in [5.41, 5.74) is 2.18. The van der Waals surface area contributed by atoms with Crippen molar-refractivity contribution in [3.8, 4) is 11.6 Å². The topological polar surface area (TPSA) is 98.5 Å². The number of nitrogens with zero attached hydrogens (tertiary/aromatic N) is 4. The normalized spacial score (nSPS) is 11.5. The minimum Gasteiger partial charge on any atom is -0.439 e. The number of ether oxygens (including phenoxy) is 1. The van der Waals surface area contributed by atoms with Gasteiger partial charge in [-0.3, -0.25) is 4.72 Å². The molecule has 0 bridgehead atoms. The zero-order valence-electron chi connectivity index (χ0n) is 15.2. The maximum absolute atomic E-state index is 12.5. The molecule has 2 heterocycles. The van der Waals surface area contributed by atoms with Gasteiger partial charge in [-0.25, -0.2) is 13.4 Å². The summed E-state index contributed by atoms with van der Waals surface area (Å²) in [6.07, 6.45) is 1.40. The number of rotatable bonds is 5. The number of hydrogen-bond donors (Lipinski definition) is 1. The summed E-state index contributed by atoms with van der Waals surface area (Å²) >= 11 is 0. The fourth-order valence-corrected chi connectivity index (χ4v) is 3.67. The van der Waals surface area contributed by atoms with Gasteiger partial charge in [0.25, 0.3) is 15.8 Å². The number of aromatic nitrogens is 4. The van der Waals surface area contributed by atoms with E-state index in [4.69, 9.17) is 4.74 Å². The molecule has 0 amide bonds. The van der Waals surface area contributed by atoms with E-state index in [0.29, 0.717) is 23.1 Å². The number of hydrogen-bond acceptors (Lipinski definition) is 6. The Kier molecular flexibility index (Phi) is 4.44. The quantitative estimate of drug-likeness (QED) is 0.556. The van der Waals surface area contributed by atoms with Gasteiger partial charge in [0.1, 0.15) is 12.1 Å². The van der Waals surface area contributed by atoms with Gasteiger partial charge in [-0.1, -0.05) is 17.7 Å². The van der Waals surface area contributed by atoms with Crippen LogP contribution in [0.5, 0.6) is 11.6 Å². The molecule has 0 radical (unpaired) electrons. The summed E-state index contributed by atoms with van der Waals surface area (Å²) in [5.74, 6) is 1.44. The van der Waals surface area contributed by atoms with Gasteiger partial charge in [-0.15, -0.1) is 0 Å². The highest BCUT2D eigenvalue weighted by Gasteiger charge is 2.14. The highest BCUT2D eigenvalue weighted by molar-refractivity contribution is 7.92. The summed E-state index contributed by atoms with van der Waals surface area (Å²) in [6, 6.07) is 15.0. The van der Waals surface area contributed by atoms with Gasteiger partial charge in [-0.05, 0) is 50.2 Å². The Labute approximate surface area is 161 Å². The molecular weight excluding hydrogens is 378 g/mol. The standard InChI is InChI=1S/C19H17N5O3S/c1-13-3-9-17(10-4-13)28(25,26)23-15-5-7-16(8-6-15)27-18-11-14(2)22-19-20-12-21-24(18)19/h3-12,23H,1-2H3. The van der Waals surface area contributed by atoms with Crippen molar-refractivity contribution >= 4 is 21.5 Å². The molecule has 0 aliphatic carbocycles. The van der Waals surface area contributed by atoms with Crippen LogP contribution in [0.25, 0.3) is 5.78 Å². The zero-order valence-corrected chi connectivity index (χ0v) is 16.0. The van der Waals surface area contributed by atoms with Crippen molar-refractivity contribution in [3.05, 3.63) is 72.2 Å². The molecule has 142 valence electrons. The number of benzene rings is 2. The SMILES string of the molecule is Cc1ccc(S(=O)(=O)Nc2ccc(Oc3cc(C)nc4ncnn34)cc2)cc1. The second kappa shape index (κ2) is 6.93. The molecule has 9 heteroatoms. The second-order valence-electron chi connectivity index (χ2n) is 6.25. The lowest BCUT2D eigenvalue weighted by Crippen LogP contribution is -2.12. The van der Waals surface area contributed by atoms with E-state index in [1.165, 1.54) is 10.8 Å². The lowest BCUT2D eigenvalue weighted by molar-refractivity contribution is 0.445. The van der Waals surface area contributed by atoms with Crippen molar-refractivity contribution < 1.29 is 13.2 Å². The van der Waals surface area contributed by atoms with Crippen LogP contribution >= 0.6 is 0 Å². The van der Waals surface area contributed by atoms with Crippen LogP contribution in [0.4, 0.5) is 5.69 Å². The Balaban J connectivity index is 1.54. The third kappa shape index (κ3) is 3.65. The van der Waals surface area contributed by atoms with E-state index in [9.17, 15) is 8.42 Å². The first-order valence-electron chi connectivity index (χ1n) is 8.45. The minimum absolute atomic E-state index is 0.208. The van der Waals surface area contributed by atoms with Crippen LogP contribution in [-0.4, -0.2) is 28.0 Å². The number of sulfonamides is 1. The summed E-state index contributed by atoms with van der Waals surface area (Å²) in [5, 5.41) is 4.09. The van der Waals surface area contributed by atoms with E-state index < -0.39 is 10.0 Å². The van der Waals surface area contributed by atoms with Crippen LogP contribution < -0.4 is 9.46 Å². The first-order valence-corrected chi connectivity index (χ1v) is 9.94. The maximum atomic E-state index is 12.5. The molecule has 0 fully saturated rings. The lowest BCUT2D eigenvalue weighted by Gasteiger charge is -2.10. The fourth-order valence-electron chi connectivity index (χ4n) is 2.61. The number of aryl methyl sites for hydroxylation is 2. The molecule has 8 nitrogen and oxygen atoms in total. The number of anilines is 1.